The molecule has 4 heterocycles. The van der Waals surface area contributed by atoms with Crippen molar-refractivity contribution in [1.29, 1.82) is 5.26 Å². The molecule has 11 heteroatoms. The van der Waals surface area contributed by atoms with Crippen molar-refractivity contribution in [3.8, 4) is 34.0 Å². The van der Waals surface area contributed by atoms with Crippen molar-refractivity contribution in [2.24, 2.45) is 5.92 Å². The number of nitriles is 1. The summed E-state index contributed by atoms with van der Waals surface area (Å²) in [5.74, 6) is 1.00. The minimum absolute atomic E-state index is 0. The van der Waals surface area contributed by atoms with Gasteiger partial charge in [-0.25, -0.2) is 19.9 Å². The van der Waals surface area contributed by atoms with Gasteiger partial charge in [-0.15, -0.1) is 23.7 Å². The lowest BCUT2D eigenvalue weighted by Crippen LogP contribution is -2.33. The van der Waals surface area contributed by atoms with E-state index in [9.17, 15) is 10.4 Å². The molecule has 0 aliphatic carbocycles. The number of aliphatic hydroxyl groups is 1. The summed E-state index contributed by atoms with van der Waals surface area (Å²) in [6.07, 6.45) is 4.17. The van der Waals surface area contributed by atoms with Gasteiger partial charge in [0.15, 0.2) is 5.69 Å². The number of methoxy groups -OCH3 is 1. The standard InChI is InChI=1S/C21H23N7O2S.ClH/c1-21(2,29)12-4-6-28(11-12)16-10-25-19(30-3)18(27-16)17-13(9-22)14(23)8-15(26-17)20-24-5-7-31-20;/h5,7-8,10,12,29H,4,6,11H2,1-3H3,(H2,23,26);1H. The minimum atomic E-state index is -0.774. The highest BCUT2D eigenvalue weighted by atomic mass is 35.5. The first kappa shape index (κ1) is 23.7. The van der Waals surface area contributed by atoms with Crippen LogP contribution in [0.5, 0.6) is 5.88 Å². The van der Waals surface area contributed by atoms with E-state index >= 15 is 0 Å². The summed E-state index contributed by atoms with van der Waals surface area (Å²) in [5, 5.41) is 22.6. The molecule has 1 saturated heterocycles. The Labute approximate surface area is 196 Å². The molecule has 3 N–H and O–H groups in total. The normalized spacial score (nSPS) is 15.8. The molecule has 0 aromatic carbocycles. The lowest BCUT2D eigenvalue weighted by Gasteiger charge is -2.26. The summed E-state index contributed by atoms with van der Waals surface area (Å²) in [6, 6.07) is 3.77. The lowest BCUT2D eigenvalue weighted by molar-refractivity contribution is 0.0263. The summed E-state index contributed by atoms with van der Waals surface area (Å²) in [5.41, 5.74) is 7.10. The number of nitrogen functional groups attached to an aromatic ring is 1. The highest BCUT2D eigenvalue weighted by Gasteiger charge is 2.34. The van der Waals surface area contributed by atoms with E-state index in [-0.39, 0.29) is 35.5 Å². The first-order chi connectivity index (χ1) is 14.8. The van der Waals surface area contributed by atoms with Gasteiger partial charge < -0.3 is 20.5 Å². The van der Waals surface area contributed by atoms with Gasteiger partial charge in [0.05, 0.1) is 24.6 Å². The fourth-order valence-electron chi connectivity index (χ4n) is 3.68. The Kier molecular flexibility index (Phi) is 6.83. The highest BCUT2D eigenvalue weighted by molar-refractivity contribution is 7.13. The summed E-state index contributed by atoms with van der Waals surface area (Å²) >= 11 is 1.43. The Morgan fingerprint density at radius 3 is 2.69 bits per heavy atom. The maximum absolute atomic E-state index is 10.4. The first-order valence-electron chi connectivity index (χ1n) is 9.81. The molecule has 0 radical (unpaired) electrons. The van der Waals surface area contributed by atoms with E-state index < -0.39 is 5.60 Å². The molecule has 9 nitrogen and oxygen atoms in total. The Morgan fingerprint density at radius 1 is 1.31 bits per heavy atom. The van der Waals surface area contributed by atoms with Crippen molar-refractivity contribution in [1.82, 2.24) is 19.9 Å². The molecular formula is C21H24ClN7O2S. The first-order valence-corrected chi connectivity index (χ1v) is 10.7. The third-order valence-corrected chi connectivity index (χ3v) is 6.26. The van der Waals surface area contributed by atoms with E-state index in [4.69, 9.17) is 15.5 Å². The molecule has 0 amide bonds. The van der Waals surface area contributed by atoms with Crippen molar-refractivity contribution in [2.75, 3.05) is 30.8 Å². The van der Waals surface area contributed by atoms with Gasteiger partial charge in [-0.05, 0) is 26.3 Å². The molecule has 1 aliphatic heterocycles. The molecule has 168 valence electrons. The number of thiazole rings is 1. The van der Waals surface area contributed by atoms with Gasteiger partial charge in [0, 0.05) is 30.6 Å². The maximum atomic E-state index is 10.4. The Balaban J connectivity index is 0.00000289. The van der Waals surface area contributed by atoms with E-state index in [2.05, 4.69) is 25.9 Å². The maximum Gasteiger partial charge on any atom is 0.242 e. The second kappa shape index (κ2) is 9.24. The van der Waals surface area contributed by atoms with Gasteiger partial charge in [-0.1, -0.05) is 0 Å². The molecule has 32 heavy (non-hydrogen) atoms. The van der Waals surface area contributed by atoms with E-state index in [1.54, 1.807) is 18.5 Å². The molecule has 1 atom stereocenters. The van der Waals surface area contributed by atoms with Gasteiger partial charge in [0.25, 0.3) is 0 Å². The van der Waals surface area contributed by atoms with Crippen LogP contribution in [0.15, 0.2) is 23.8 Å². The molecule has 1 fully saturated rings. The van der Waals surface area contributed by atoms with Crippen LogP contribution < -0.4 is 15.4 Å². The largest absolute Gasteiger partial charge is 0.479 e. The van der Waals surface area contributed by atoms with Crippen molar-refractivity contribution in [3.05, 3.63) is 29.4 Å². The zero-order valence-corrected chi connectivity index (χ0v) is 19.6. The van der Waals surface area contributed by atoms with Gasteiger partial charge in [-0.3, -0.25) is 0 Å². The number of nitrogens with zero attached hydrogens (tertiary/aromatic N) is 6. The topological polar surface area (TPSA) is 134 Å². The average molecular weight is 474 g/mol. The van der Waals surface area contributed by atoms with Gasteiger partial charge in [-0.2, -0.15) is 5.26 Å². The third kappa shape index (κ3) is 4.46. The fourth-order valence-corrected chi connectivity index (χ4v) is 4.28. The van der Waals surface area contributed by atoms with Crippen LogP contribution in [0.2, 0.25) is 0 Å². The zero-order valence-electron chi connectivity index (χ0n) is 17.9. The summed E-state index contributed by atoms with van der Waals surface area (Å²) in [4.78, 5) is 20.2. The van der Waals surface area contributed by atoms with E-state index in [1.165, 1.54) is 18.4 Å². The summed E-state index contributed by atoms with van der Waals surface area (Å²) in [7, 11) is 1.49. The van der Waals surface area contributed by atoms with E-state index in [0.717, 1.165) is 13.0 Å². The van der Waals surface area contributed by atoms with Crippen molar-refractivity contribution in [2.45, 2.75) is 25.9 Å². The quantitative estimate of drug-likeness (QED) is 0.572. The lowest BCUT2D eigenvalue weighted by atomic mass is 9.90. The van der Waals surface area contributed by atoms with Gasteiger partial charge >= 0.3 is 0 Å². The number of aromatic nitrogens is 4. The van der Waals surface area contributed by atoms with Crippen molar-refractivity contribution >= 4 is 35.2 Å². The van der Waals surface area contributed by atoms with Crippen molar-refractivity contribution in [3.63, 3.8) is 0 Å². The van der Waals surface area contributed by atoms with Crippen LogP contribution in [0.25, 0.3) is 22.1 Å². The van der Waals surface area contributed by atoms with Crippen LogP contribution in [0.1, 0.15) is 25.8 Å². The highest BCUT2D eigenvalue weighted by Crippen LogP contribution is 2.36. The summed E-state index contributed by atoms with van der Waals surface area (Å²) in [6.45, 7) is 5.04. The van der Waals surface area contributed by atoms with E-state index in [0.29, 0.717) is 34.5 Å². The average Bonchev–Trinajstić information content (AvgIpc) is 3.44. The second-order valence-corrected chi connectivity index (χ2v) is 8.84. The monoisotopic (exact) mass is 473 g/mol. The number of hydrogen-bond donors (Lipinski definition) is 2. The number of ether oxygens (including phenoxy) is 1. The molecular weight excluding hydrogens is 450 g/mol. The summed E-state index contributed by atoms with van der Waals surface area (Å²) < 4.78 is 5.43. The molecule has 1 aliphatic rings. The van der Waals surface area contributed by atoms with Crippen LogP contribution >= 0.6 is 23.7 Å². The fraction of sp³-hybridized carbons (Fsp3) is 0.381. The minimum Gasteiger partial charge on any atom is -0.479 e. The molecule has 0 saturated carbocycles. The number of anilines is 2. The number of hydrogen-bond acceptors (Lipinski definition) is 10. The molecule has 0 bridgehead atoms. The molecule has 0 spiro atoms. The smallest absolute Gasteiger partial charge is 0.242 e. The van der Waals surface area contributed by atoms with Crippen LogP contribution in [-0.2, 0) is 0 Å². The molecule has 3 aromatic rings. The predicted octanol–water partition coefficient (Wildman–Crippen LogP) is 3.14. The SMILES string of the molecule is COc1ncc(N2CCC(C(C)(C)O)C2)nc1-c1nc(-c2nccs2)cc(N)c1C#N.Cl. The van der Waals surface area contributed by atoms with E-state index in [1.807, 2.05) is 19.2 Å². The van der Waals surface area contributed by atoms with Gasteiger partial charge in [0.2, 0.25) is 5.88 Å². The molecule has 4 rings (SSSR count). The van der Waals surface area contributed by atoms with Crippen LogP contribution in [0, 0.1) is 17.2 Å². The van der Waals surface area contributed by atoms with Crippen molar-refractivity contribution < 1.29 is 9.84 Å². The zero-order chi connectivity index (χ0) is 22.2. The number of rotatable bonds is 5. The number of halogens is 1. The van der Waals surface area contributed by atoms with Crippen LogP contribution in [0.3, 0.4) is 0 Å². The third-order valence-electron chi connectivity index (χ3n) is 5.47. The Bertz CT molecular complexity index is 1140. The van der Waals surface area contributed by atoms with Crippen LogP contribution in [-0.4, -0.2) is 50.8 Å². The molecule has 3 aromatic heterocycles. The van der Waals surface area contributed by atoms with Gasteiger partial charge in [0.1, 0.15) is 33.8 Å². The number of pyridine rings is 1. The second-order valence-electron chi connectivity index (χ2n) is 7.94. The Morgan fingerprint density at radius 2 is 2.09 bits per heavy atom. The van der Waals surface area contributed by atoms with Crippen LogP contribution in [0.4, 0.5) is 11.5 Å². The molecule has 1 unspecified atom stereocenters. The number of nitrogens with two attached hydrogens (primary N) is 1. The predicted molar refractivity (Wildman–Crippen MR) is 126 cm³/mol. The Hall–Kier alpha value is -3.00.